The van der Waals surface area contributed by atoms with Gasteiger partial charge in [0, 0.05) is 19.6 Å². The first-order valence-electron chi connectivity index (χ1n) is 8.28. The fourth-order valence-corrected chi connectivity index (χ4v) is 4.36. The molecule has 24 heavy (non-hydrogen) atoms. The molecule has 1 spiro atoms. The van der Waals surface area contributed by atoms with E-state index >= 15 is 0 Å². The minimum absolute atomic E-state index is 0.0769. The Labute approximate surface area is 143 Å². The second-order valence-electron chi connectivity index (χ2n) is 6.89. The topological polar surface area (TPSA) is 72.2 Å². The molecule has 2 saturated heterocycles. The molecule has 7 nitrogen and oxygen atoms in total. The van der Waals surface area contributed by atoms with E-state index in [4.69, 9.17) is 13.9 Å². The maximum Gasteiger partial charge on any atom is 0.211 e. The molecule has 2 atom stereocenters. The lowest BCUT2D eigenvalue weighted by Gasteiger charge is -2.31. The van der Waals surface area contributed by atoms with Crippen LogP contribution in [0.5, 0.6) is 0 Å². The van der Waals surface area contributed by atoms with E-state index in [1.54, 1.807) is 6.26 Å². The number of hydrogen-bond donors (Lipinski definition) is 0. The normalized spacial score (nSPS) is 29.4. The highest BCUT2D eigenvalue weighted by Gasteiger charge is 2.44. The quantitative estimate of drug-likeness (QED) is 0.779. The van der Waals surface area contributed by atoms with Gasteiger partial charge in [-0.05, 0) is 32.0 Å². The van der Waals surface area contributed by atoms with Crippen LogP contribution in [0.3, 0.4) is 0 Å². The number of furan rings is 1. The molecular formula is C16H26N2O5S. The smallest absolute Gasteiger partial charge is 0.211 e. The minimum atomic E-state index is -3.24. The molecule has 8 heteroatoms. The van der Waals surface area contributed by atoms with Gasteiger partial charge in [-0.3, -0.25) is 4.90 Å². The summed E-state index contributed by atoms with van der Waals surface area (Å²) in [6.07, 6.45) is 4.72. The van der Waals surface area contributed by atoms with E-state index in [2.05, 4.69) is 4.90 Å². The number of hydrogen-bond acceptors (Lipinski definition) is 6. The van der Waals surface area contributed by atoms with Gasteiger partial charge in [-0.15, -0.1) is 0 Å². The average molecular weight is 358 g/mol. The summed E-state index contributed by atoms with van der Waals surface area (Å²) in [6.45, 7) is 3.16. The zero-order chi connectivity index (χ0) is 17.2. The second-order valence-corrected chi connectivity index (χ2v) is 8.87. The van der Waals surface area contributed by atoms with E-state index in [9.17, 15) is 8.42 Å². The van der Waals surface area contributed by atoms with Crippen molar-refractivity contribution in [1.82, 2.24) is 9.21 Å². The van der Waals surface area contributed by atoms with Crippen molar-refractivity contribution in [2.45, 2.75) is 31.1 Å². The van der Waals surface area contributed by atoms with Crippen molar-refractivity contribution in [2.75, 3.05) is 46.2 Å². The Morgan fingerprint density at radius 2 is 2.29 bits per heavy atom. The van der Waals surface area contributed by atoms with Gasteiger partial charge in [0.2, 0.25) is 10.0 Å². The third-order valence-corrected chi connectivity index (χ3v) is 5.89. The third-order valence-electron chi connectivity index (χ3n) is 4.64. The Morgan fingerprint density at radius 1 is 1.46 bits per heavy atom. The first kappa shape index (κ1) is 17.9. The molecular weight excluding hydrogens is 332 g/mol. The van der Waals surface area contributed by atoms with Gasteiger partial charge in [0.05, 0.1) is 38.4 Å². The van der Waals surface area contributed by atoms with Crippen LogP contribution in [0.4, 0.5) is 0 Å². The molecule has 0 aliphatic carbocycles. The van der Waals surface area contributed by atoms with Gasteiger partial charge in [-0.2, -0.15) is 4.31 Å². The molecule has 1 aromatic heterocycles. The van der Waals surface area contributed by atoms with Gasteiger partial charge in [0.15, 0.2) is 0 Å². The lowest BCUT2D eigenvalue weighted by molar-refractivity contribution is -0.0874. The summed E-state index contributed by atoms with van der Waals surface area (Å²) in [6, 6.07) is 3.84. The molecule has 2 aliphatic rings. The van der Waals surface area contributed by atoms with E-state index in [1.807, 2.05) is 19.2 Å². The van der Waals surface area contributed by atoms with Crippen molar-refractivity contribution in [1.29, 1.82) is 0 Å². The minimum Gasteiger partial charge on any atom is -0.468 e. The summed E-state index contributed by atoms with van der Waals surface area (Å²) in [5.41, 5.74) is -0.518. The summed E-state index contributed by atoms with van der Waals surface area (Å²) in [7, 11) is -1.21. The zero-order valence-corrected chi connectivity index (χ0v) is 15.1. The SMILES string of the molecule is CN(Cc1ccco1)C[C@H]1CC[C@@]2(COCCN(S(C)(=O)=O)C2)O1. The summed E-state index contributed by atoms with van der Waals surface area (Å²) >= 11 is 0. The van der Waals surface area contributed by atoms with E-state index in [0.717, 1.165) is 31.7 Å². The van der Waals surface area contributed by atoms with Gasteiger partial charge in [-0.1, -0.05) is 0 Å². The molecule has 2 aliphatic heterocycles. The Balaban J connectivity index is 1.58. The van der Waals surface area contributed by atoms with E-state index < -0.39 is 15.6 Å². The molecule has 0 N–H and O–H groups in total. The number of rotatable bonds is 5. The molecule has 3 heterocycles. The van der Waals surface area contributed by atoms with Crippen LogP contribution < -0.4 is 0 Å². The highest BCUT2D eigenvalue weighted by atomic mass is 32.2. The van der Waals surface area contributed by atoms with Crippen LogP contribution in [0.25, 0.3) is 0 Å². The highest BCUT2D eigenvalue weighted by molar-refractivity contribution is 7.88. The fourth-order valence-electron chi connectivity index (χ4n) is 3.48. The Kier molecular flexibility index (Phi) is 5.31. The number of sulfonamides is 1. The van der Waals surface area contributed by atoms with Gasteiger partial charge in [0.25, 0.3) is 0 Å². The molecule has 1 aromatic rings. The van der Waals surface area contributed by atoms with Gasteiger partial charge in [-0.25, -0.2) is 8.42 Å². The predicted octanol–water partition coefficient (Wildman–Crippen LogP) is 0.921. The van der Waals surface area contributed by atoms with Crippen LogP contribution >= 0.6 is 0 Å². The monoisotopic (exact) mass is 358 g/mol. The van der Waals surface area contributed by atoms with Crippen LogP contribution in [-0.2, 0) is 26.0 Å². The number of nitrogens with zero attached hydrogens (tertiary/aromatic N) is 2. The number of likely N-dealkylation sites (N-methyl/N-ethyl adjacent to an activating group) is 1. The van der Waals surface area contributed by atoms with Gasteiger partial charge < -0.3 is 13.9 Å². The maximum atomic E-state index is 11.9. The summed E-state index contributed by atoms with van der Waals surface area (Å²) in [5.74, 6) is 0.922. The standard InChI is InChI=1S/C16H26N2O5S/c1-17(10-14-4-3-8-22-14)11-15-5-6-16(23-15)12-18(24(2,19)20)7-9-21-13-16/h3-4,8,15H,5-7,9-13H2,1-2H3/t15-,16-/m1/s1. The summed E-state index contributed by atoms with van der Waals surface area (Å²) in [5, 5.41) is 0. The Hall–Kier alpha value is -0.930. The molecule has 0 aromatic carbocycles. The summed E-state index contributed by atoms with van der Waals surface area (Å²) in [4.78, 5) is 2.16. The third kappa shape index (κ3) is 4.37. The molecule has 0 amide bonds. The molecule has 0 bridgehead atoms. The average Bonchev–Trinajstić information content (AvgIpc) is 3.06. The van der Waals surface area contributed by atoms with E-state index in [1.165, 1.54) is 10.6 Å². The lowest BCUT2D eigenvalue weighted by atomic mass is 10.0. The second kappa shape index (κ2) is 7.13. The largest absolute Gasteiger partial charge is 0.468 e. The predicted molar refractivity (Wildman–Crippen MR) is 89.1 cm³/mol. The van der Waals surface area contributed by atoms with Crippen LogP contribution in [0.2, 0.25) is 0 Å². The maximum absolute atomic E-state index is 11.9. The van der Waals surface area contributed by atoms with Crippen LogP contribution in [0.15, 0.2) is 22.8 Å². The molecule has 0 radical (unpaired) electrons. The lowest BCUT2D eigenvalue weighted by Crippen LogP contribution is -2.46. The van der Waals surface area contributed by atoms with Crippen molar-refractivity contribution in [3.63, 3.8) is 0 Å². The Bertz CT molecular complexity index is 633. The van der Waals surface area contributed by atoms with Crippen LogP contribution in [-0.4, -0.2) is 75.5 Å². The Morgan fingerprint density at radius 3 is 3.00 bits per heavy atom. The first-order valence-corrected chi connectivity index (χ1v) is 10.1. The fraction of sp³-hybridized carbons (Fsp3) is 0.750. The number of ether oxygens (including phenoxy) is 2. The van der Waals surface area contributed by atoms with Crippen molar-refractivity contribution in [3.8, 4) is 0 Å². The van der Waals surface area contributed by atoms with Crippen molar-refractivity contribution in [3.05, 3.63) is 24.2 Å². The molecule has 3 rings (SSSR count). The van der Waals surface area contributed by atoms with Crippen molar-refractivity contribution < 1.29 is 22.3 Å². The van der Waals surface area contributed by atoms with E-state index in [-0.39, 0.29) is 6.10 Å². The summed E-state index contributed by atoms with van der Waals surface area (Å²) < 4.78 is 42.6. The van der Waals surface area contributed by atoms with Crippen LogP contribution in [0.1, 0.15) is 18.6 Å². The molecule has 136 valence electrons. The van der Waals surface area contributed by atoms with Crippen molar-refractivity contribution in [2.24, 2.45) is 0 Å². The van der Waals surface area contributed by atoms with Gasteiger partial charge >= 0.3 is 0 Å². The zero-order valence-electron chi connectivity index (χ0n) is 14.3. The van der Waals surface area contributed by atoms with Crippen molar-refractivity contribution >= 4 is 10.0 Å². The highest BCUT2D eigenvalue weighted by Crippen LogP contribution is 2.34. The van der Waals surface area contributed by atoms with Crippen LogP contribution in [0, 0.1) is 0 Å². The molecule has 0 unspecified atom stereocenters. The van der Waals surface area contributed by atoms with E-state index in [0.29, 0.717) is 26.3 Å². The first-order chi connectivity index (χ1) is 11.4. The molecule has 2 fully saturated rings. The molecule has 0 saturated carbocycles. The van der Waals surface area contributed by atoms with Gasteiger partial charge in [0.1, 0.15) is 11.4 Å².